The van der Waals surface area contributed by atoms with Gasteiger partial charge in [0.15, 0.2) is 0 Å². The van der Waals surface area contributed by atoms with Gasteiger partial charge in [0.1, 0.15) is 5.82 Å². The topological polar surface area (TPSA) is 40.7 Å². The molecule has 2 N–H and O–H groups in total. The molecule has 0 aliphatic carbocycles. The van der Waals surface area contributed by atoms with Gasteiger partial charge in [-0.05, 0) is 52.0 Å². The molecule has 2 aromatic heterocycles. The first-order chi connectivity index (χ1) is 9.22. The molecule has 3 aromatic rings. The summed E-state index contributed by atoms with van der Waals surface area (Å²) in [5, 5.41) is 5.64. The van der Waals surface area contributed by atoms with Crippen molar-refractivity contribution >= 4 is 38.3 Å². The molecule has 0 spiro atoms. The van der Waals surface area contributed by atoms with Crippen molar-refractivity contribution in [1.29, 1.82) is 0 Å². The largest absolute Gasteiger partial charge is 0.341 e. The maximum atomic E-state index is 4.61. The predicted octanol–water partition coefficient (Wildman–Crippen LogP) is 4.24. The van der Waals surface area contributed by atoms with Crippen LogP contribution in [0.1, 0.15) is 24.4 Å². The summed E-state index contributed by atoms with van der Waals surface area (Å²) in [6, 6.07) is 10.4. The molecule has 1 unspecified atom stereocenters. The van der Waals surface area contributed by atoms with E-state index in [0.717, 1.165) is 23.4 Å². The maximum Gasteiger partial charge on any atom is 0.124 e. The monoisotopic (exact) mass is 335 g/mol. The minimum absolute atomic E-state index is 0.200. The van der Waals surface area contributed by atoms with Crippen LogP contribution in [0.4, 0.5) is 0 Å². The van der Waals surface area contributed by atoms with Gasteiger partial charge >= 0.3 is 0 Å². The van der Waals surface area contributed by atoms with Crippen molar-refractivity contribution in [2.75, 3.05) is 0 Å². The summed E-state index contributed by atoms with van der Waals surface area (Å²) in [5.41, 5.74) is 3.40. The molecule has 0 aliphatic heterocycles. The average molecular weight is 336 g/mol. The molecule has 0 amide bonds. The molecule has 0 saturated carbocycles. The van der Waals surface area contributed by atoms with Gasteiger partial charge in [0, 0.05) is 6.54 Å². The van der Waals surface area contributed by atoms with Gasteiger partial charge in [-0.25, -0.2) is 4.98 Å². The second kappa shape index (κ2) is 5.45. The van der Waals surface area contributed by atoms with Crippen LogP contribution >= 0.6 is 27.3 Å². The van der Waals surface area contributed by atoms with E-state index in [1.807, 2.05) is 18.2 Å². The highest BCUT2D eigenvalue weighted by Gasteiger charge is 2.10. The van der Waals surface area contributed by atoms with Crippen LogP contribution in [0.25, 0.3) is 11.0 Å². The first-order valence-electron chi connectivity index (χ1n) is 6.13. The molecule has 3 rings (SSSR count). The molecule has 2 heterocycles. The lowest BCUT2D eigenvalue weighted by molar-refractivity contribution is 0.553. The number of thiophene rings is 1. The Bertz CT molecular complexity index is 656. The first-order valence-corrected chi connectivity index (χ1v) is 7.80. The minimum Gasteiger partial charge on any atom is -0.341 e. The third-order valence-corrected chi connectivity index (χ3v) is 4.61. The number of aromatic amines is 1. The Balaban J connectivity index is 1.71. The van der Waals surface area contributed by atoms with Crippen LogP contribution in [-0.2, 0) is 6.54 Å². The van der Waals surface area contributed by atoms with E-state index >= 15 is 0 Å². The van der Waals surface area contributed by atoms with Crippen molar-refractivity contribution in [3.05, 3.63) is 50.9 Å². The average Bonchev–Trinajstić information content (AvgIpc) is 3.01. The van der Waals surface area contributed by atoms with E-state index < -0.39 is 0 Å². The van der Waals surface area contributed by atoms with Gasteiger partial charge in [-0.2, -0.15) is 0 Å². The van der Waals surface area contributed by atoms with Crippen molar-refractivity contribution in [2.24, 2.45) is 0 Å². The lowest BCUT2D eigenvalue weighted by atomic mass is 10.3. The van der Waals surface area contributed by atoms with Crippen molar-refractivity contribution in [1.82, 2.24) is 15.3 Å². The Morgan fingerprint density at radius 1 is 1.42 bits per heavy atom. The van der Waals surface area contributed by atoms with Crippen LogP contribution in [-0.4, -0.2) is 9.97 Å². The van der Waals surface area contributed by atoms with Crippen LogP contribution in [0.3, 0.4) is 0 Å². The Morgan fingerprint density at radius 3 is 3.00 bits per heavy atom. The molecule has 0 aliphatic rings. The van der Waals surface area contributed by atoms with Gasteiger partial charge < -0.3 is 10.3 Å². The predicted molar refractivity (Wildman–Crippen MR) is 83.4 cm³/mol. The first kappa shape index (κ1) is 12.8. The summed E-state index contributed by atoms with van der Waals surface area (Å²) >= 11 is 5.19. The number of benzene rings is 1. The van der Waals surface area contributed by atoms with E-state index in [1.54, 1.807) is 11.3 Å². The number of fused-ring (bicyclic) bond motifs is 1. The third-order valence-electron chi connectivity index (χ3n) is 3.05. The van der Waals surface area contributed by atoms with Crippen LogP contribution in [0.15, 0.2) is 39.5 Å². The molecule has 0 radical (unpaired) electrons. The highest BCUT2D eigenvalue weighted by atomic mass is 79.9. The molecular formula is C14H14BrN3S. The number of hydrogen-bond acceptors (Lipinski definition) is 3. The van der Waals surface area contributed by atoms with Crippen LogP contribution in [0.2, 0.25) is 0 Å². The van der Waals surface area contributed by atoms with E-state index in [1.165, 1.54) is 9.35 Å². The lowest BCUT2D eigenvalue weighted by Gasteiger charge is -2.10. The smallest absolute Gasteiger partial charge is 0.124 e. The van der Waals surface area contributed by atoms with Crippen molar-refractivity contribution in [3.63, 3.8) is 0 Å². The van der Waals surface area contributed by atoms with Crippen LogP contribution < -0.4 is 5.32 Å². The van der Waals surface area contributed by atoms with Gasteiger partial charge in [0.25, 0.3) is 0 Å². The Kier molecular flexibility index (Phi) is 3.68. The molecule has 0 fully saturated rings. The van der Waals surface area contributed by atoms with Gasteiger partial charge in [0.2, 0.25) is 0 Å². The Labute approximate surface area is 124 Å². The van der Waals surface area contributed by atoms with E-state index in [-0.39, 0.29) is 6.04 Å². The second-order valence-electron chi connectivity index (χ2n) is 4.50. The summed E-state index contributed by atoms with van der Waals surface area (Å²) in [6.07, 6.45) is 0. The fourth-order valence-corrected chi connectivity index (χ4v) is 3.19. The van der Waals surface area contributed by atoms with Crippen molar-refractivity contribution in [2.45, 2.75) is 19.5 Å². The quantitative estimate of drug-likeness (QED) is 0.748. The normalized spacial score (nSPS) is 12.9. The molecular weight excluding hydrogens is 322 g/mol. The molecule has 98 valence electrons. The Morgan fingerprint density at radius 2 is 2.26 bits per heavy atom. The molecule has 0 saturated heterocycles. The number of imidazole rings is 1. The lowest BCUT2D eigenvalue weighted by Crippen LogP contribution is -2.18. The number of aromatic nitrogens is 2. The number of H-pyrrole nitrogens is 1. The highest BCUT2D eigenvalue weighted by Crippen LogP contribution is 2.21. The zero-order chi connectivity index (χ0) is 13.2. The maximum absolute atomic E-state index is 4.61. The summed E-state index contributed by atoms with van der Waals surface area (Å²) in [5.74, 6) is 0.982. The van der Waals surface area contributed by atoms with Crippen molar-refractivity contribution in [3.8, 4) is 0 Å². The highest BCUT2D eigenvalue weighted by molar-refractivity contribution is 9.11. The van der Waals surface area contributed by atoms with Crippen molar-refractivity contribution < 1.29 is 0 Å². The molecule has 1 aromatic carbocycles. The third kappa shape index (κ3) is 2.88. The number of nitrogens with one attached hydrogen (secondary N) is 2. The summed E-state index contributed by atoms with van der Waals surface area (Å²) in [4.78, 5) is 7.96. The second-order valence-corrected chi connectivity index (χ2v) is 6.79. The van der Waals surface area contributed by atoms with Gasteiger partial charge in [0.05, 0.1) is 20.9 Å². The molecule has 5 heteroatoms. The Hall–Kier alpha value is -1.17. The number of hydrogen-bond donors (Lipinski definition) is 2. The van der Waals surface area contributed by atoms with Gasteiger partial charge in [-0.3, -0.25) is 0 Å². The molecule has 1 atom stereocenters. The number of nitrogens with zero attached hydrogens (tertiary/aromatic N) is 1. The molecule has 19 heavy (non-hydrogen) atoms. The van der Waals surface area contributed by atoms with Crippen LogP contribution in [0.5, 0.6) is 0 Å². The standard InChI is InChI=1S/C14H14BrN3S/c1-9(16-7-10-6-13(15)19-8-10)14-17-11-4-2-3-5-12(11)18-14/h2-6,8-9,16H,7H2,1H3,(H,17,18). The number of rotatable bonds is 4. The van der Waals surface area contributed by atoms with Gasteiger partial charge in [-0.15, -0.1) is 11.3 Å². The van der Waals surface area contributed by atoms with Crippen LogP contribution in [0, 0.1) is 0 Å². The summed E-state index contributed by atoms with van der Waals surface area (Å²) < 4.78 is 1.17. The summed E-state index contributed by atoms with van der Waals surface area (Å²) in [6.45, 7) is 2.97. The fraction of sp³-hybridized carbons (Fsp3) is 0.214. The minimum atomic E-state index is 0.200. The summed E-state index contributed by atoms with van der Waals surface area (Å²) in [7, 11) is 0. The van der Waals surface area contributed by atoms with E-state index in [0.29, 0.717) is 0 Å². The zero-order valence-electron chi connectivity index (χ0n) is 10.5. The van der Waals surface area contributed by atoms with E-state index in [9.17, 15) is 0 Å². The molecule has 0 bridgehead atoms. The number of halogens is 1. The SMILES string of the molecule is CC(NCc1csc(Br)c1)c1nc2ccccc2[nH]1. The number of para-hydroxylation sites is 2. The fourth-order valence-electron chi connectivity index (χ4n) is 1.98. The van der Waals surface area contributed by atoms with Gasteiger partial charge in [-0.1, -0.05) is 12.1 Å². The molecule has 3 nitrogen and oxygen atoms in total. The van der Waals surface area contributed by atoms with E-state index in [2.05, 4.69) is 55.7 Å². The van der Waals surface area contributed by atoms with E-state index in [4.69, 9.17) is 0 Å². The zero-order valence-corrected chi connectivity index (χ0v) is 12.9.